The Morgan fingerprint density at radius 1 is 1.25 bits per heavy atom. The van der Waals surface area contributed by atoms with Crippen LogP contribution in [0.15, 0.2) is 12.1 Å². The molecule has 1 amide bonds. The molecule has 1 aromatic carbocycles. The number of rotatable bonds is 1. The van der Waals surface area contributed by atoms with Crippen molar-refractivity contribution < 1.29 is 4.79 Å². The number of carbonyl (C=O) groups excluding carboxylic acids is 1. The van der Waals surface area contributed by atoms with Gasteiger partial charge in [0.1, 0.15) is 0 Å². The topological polar surface area (TPSA) is 46.3 Å². The van der Waals surface area contributed by atoms with Crippen LogP contribution in [0.25, 0.3) is 0 Å². The molecular formula is C13H16N2O. The fraction of sp³-hybridized carbons (Fsp3) is 0.462. The lowest BCUT2D eigenvalue weighted by atomic mass is 9.94. The van der Waals surface area contributed by atoms with Crippen LogP contribution in [-0.4, -0.2) is 12.5 Å². The van der Waals surface area contributed by atoms with Gasteiger partial charge in [-0.3, -0.25) is 4.79 Å². The first kappa shape index (κ1) is 9.85. The summed E-state index contributed by atoms with van der Waals surface area (Å²) in [5, 5.41) is 0. The third kappa shape index (κ3) is 1.28. The van der Waals surface area contributed by atoms with Crippen LogP contribution in [0.4, 0.5) is 5.69 Å². The summed E-state index contributed by atoms with van der Waals surface area (Å²) >= 11 is 0. The smallest absolute Gasteiger partial charge is 0.227 e. The average molecular weight is 216 g/mol. The van der Waals surface area contributed by atoms with E-state index in [9.17, 15) is 4.79 Å². The van der Waals surface area contributed by atoms with Gasteiger partial charge in [-0.15, -0.1) is 0 Å². The lowest BCUT2D eigenvalue weighted by molar-refractivity contribution is -0.118. The molecule has 0 fully saturated rings. The summed E-state index contributed by atoms with van der Waals surface area (Å²) in [6.45, 7) is 2.86. The number of nitrogens with two attached hydrogens (primary N) is 1. The molecular weight excluding hydrogens is 200 g/mol. The Morgan fingerprint density at radius 2 is 1.94 bits per heavy atom. The molecule has 0 spiro atoms. The molecule has 0 aromatic heterocycles. The number of nitrogens with zero attached hydrogens (tertiary/aromatic N) is 1. The van der Waals surface area contributed by atoms with Gasteiger partial charge in [-0.1, -0.05) is 12.1 Å². The molecule has 1 aromatic rings. The summed E-state index contributed by atoms with van der Waals surface area (Å²) in [5.41, 5.74) is 10.9. The number of hydrogen-bond acceptors (Lipinski definition) is 2. The molecule has 0 saturated heterocycles. The van der Waals surface area contributed by atoms with Gasteiger partial charge in [0, 0.05) is 19.0 Å². The van der Waals surface area contributed by atoms with E-state index in [0.717, 1.165) is 19.4 Å². The van der Waals surface area contributed by atoms with Gasteiger partial charge in [0.25, 0.3) is 0 Å². The van der Waals surface area contributed by atoms with Crippen LogP contribution in [0.2, 0.25) is 0 Å². The Labute approximate surface area is 95.2 Å². The van der Waals surface area contributed by atoms with Crippen molar-refractivity contribution in [1.82, 2.24) is 0 Å². The van der Waals surface area contributed by atoms with Gasteiger partial charge in [0.05, 0.1) is 5.69 Å². The van der Waals surface area contributed by atoms with Crippen LogP contribution in [0, 0.1) is 0 Å². The minimum atomic E-state index is 0.0771. The van der Waals surface area contributed by atoms with Gasteiger partial charge >= 0.3 is 0 Å². The standard InChI is InChI=1S/C13H16N2O/c1-8(14)11-6-9-2-3-12(16)15-5-4-10(7-11)13(9)15/h6-8H,2-5,14H2,1H3. The fourth-order valence-electron chi connectivity index (χ4n) is 2.75. The SMILES string of the molecule is CC(N)c1cc2c3c(c1)CCN3C(=O)CC2. The molecule has 0 bridgehead atoms. The molecule has 1 unspecified atom stereocenters. The van der Waals surface area contributed by atoms with E-state index >= 15 is 0 Å². The highest BCUT2D eigenvalue weighted by atomic mass is 16.2. The first-order chi connectivity index (χ1) is 7.66. The molecule has 3 rings (SSSR count). The van der Waals surface area contributed by atoms with Crippen molar-refractivity contribution in [2.45, 2.75) is 32.2 Å². The quantitative estimate of drug-likeness (QED) is 0.774. The molecule has 0 aliphatic carbocycles. The molecule has 0 radical (unpaired) electrons. The molecule has 2 N–H and O–H groups in total. The van der Waals surface area contributed by atoms with Crippen LogP contribution >= 0.6 is 0 Å². The lowest BCUT2D eigenvalue weighted by Gasteiger charge is -2.26. The van der Waals surface area contributed by atoms with Crippen molar-refractivity contribution in [3.8, 4) is 0 Å². The predicted molar refractivity (Wildman–Crippen MR) is 63.4 cm³/mol. The summed E-state index contributed by atoms with van der Waals surface area (Å²) < 4.78 is 0. The highest BCUT2D eigenvalue weighted by Gasteiger charge is 2.31. The Kier molecular flexibility index (Phi) is 2.04. The van der Waals surface area contributed by atoms with Crippen molar-refractivity contribution in [1.29, 1.82) is 0 Å². The van der Waals surface area contributed by atoms with E-state index in [2.05, 4.69) is 12.1 Å². The highest BCUT2D eigenvalue weighted by Crippen LogP contribution is 2.38. The van der Waals surface area contributed by atoms with E-state index in [1.54, 1.807) is 0 Å². The van der Waals surface area contributed by atoms with Gasteiger partial charge in [0.2, 0.25) is 5.91 Å². The molecule has 84 valence electrons. The number of benzene rings is 1. The molecule has 2 aliphatic heterocycles. The van der Waals surface area contributed by atoms with Crippen molar-refractivity contribution in [2.75, 3.05) is 11.4 Å². The van der Waals surface area contributed by atoms with Crippen LogP contribution in [0.5, 0.6) is 0 Å². The first-order valence-corrected chi connectivity index (χ1v) is 5.88. The van der Waals surface area contributed by atoms with E-state index in [1.165, 1.54) is 22.4 Å². The zero-order valence-electron chi connectivity index (χ0n) is 9.49. The predicted octanol–water partition coefficient (Wildman–Crippen LogP) is 1.54. The zero-order chi connectivity index (χ0) is 11.3. The van der Waals surface area contributed by atoms with Gasteiger partial charge in [-0.2, -0.15) is 0 Å². The average Bonchev–Trinajstić information content (AvgIpc) is 2.68. The van der Waals surface area contributed by atoms with Gasteiger partial charge in [0.15, 0.2) is 0 Å². The molecule has 2 heterocycles. The van der Waals surface area contributed by atoms with E-state index in [0.29, 0.717) is 6.42 Å². The van der Waals surface area contributed by atoms with Crippen LogP contribution in [0.3, 0.4) is 0 Å². The summed E-state index contributed by atoms with van der Waals surface area (Å²) in [7, 11) is 0. The molecule has 1 atom stereocenters. The fourth-order valence-corrected chi connectivity index (χ4v) is 2.75. The summed E-state index contributed by atoms with van der Waals surface area (Å²) in [5.74, 6) is 0.278. The Bertz CT molecular complexity index is 465. The van der Waals surface area contributed by atoms with Gasteiger partial charge in [-0.25, -0.2) is 0 Å². The Hall–Kier alpha value is -1.35. The second-order valence-corrected chi connectivity index (χ2v) is 4.77. The van der Waals surface area contributed by atoms with Gasteiger partial charge in [-0.05, 0) is 36.5 Å². The van der Waals surface area contributed by atoms with Crippen LogP contribution < -0.4 is 10.6 Å². The maximum absolute atomic E-state index is 11.7. The lowest BCUT2D eigenvalue weighted by Crippen LogP contribution is -2.32. The number of carbonyl (C=O) groups is 1. The number of aryl methyl sites for hydroxylation is 1. The number of anilines is 1. The maximum Gasteiger partial charge on any atom is 0.227 e. The monoisotopic (exact) mass is 216 g/mol. The number of hydrogen-bond donors (Lipinski definition) is 1. The summed E-state index contributed by atoms with van der Waals surface area (Å²) in [6, 6.07) is 4.42. The maximum atomic E-state index is 11.7. The number of amides is 1. The third-order valence-electron chi connectivity index (χ3n) is 3.60. The second kappa shape index (κ2) is 3.32. The summed E-state index contributed by atoms with van der Waals surface area (Å²) in [6.07, 6.45) is 2.50. The van der Waals surface area contributed by atoms with Crippen molar-refractivity contribution >= 4 is 11.6 Å². The van der Waals surface area contributed by atoms with Crippen molar-refractivity contribution in [3.05, 3.63) is 28.8 Å². The minimum absolute atomic E-state index is 0.0771. The zero-order valence-corrected chi connectivity index (χ0v) is 9.49. The van der Waals surface area contributed by atoms with E-state index < -0.39 is 0 Å². The second-order valence-electron chi connectivity index (χ2n) is 4.77. The Morgan fingerprint density at radius 3 is 2.62 bits per heavy atom. The van der Waals surface area contributed by atoms with E-state index in [4.69, 9.17) is 5.73 Å². The largest absolute Gasteiger partial charge is 0.324 e. The van der Waals surface area contributed by atoms with E-state index in [-0.39, 0.29) is 11.9 Å². The molecule has 3 nitrogen and oxygen atoms in total. The molecule has 0 saturated carbocycles. The summed E-state index contributed by atoms with van der Waals surface area (Å²) in [4.78, 5) is 13.7. The van der Waals surface area contributed by atoms with Gasteiger partial charge < -0.3 is 10.6 Å². The molecule has 3 heteroatoms. The minimum Gasteiger partial charge on any atom is -0.324 e. The highest BCUT2D eigenvalue weighted by molar-refractivity contribution is 5.98. The molecule has 2 aliphatic rings. The first-order valence-electron chi connectivity index (χ1n) is 5.88. The van der Waals surface area contributed by atoms with Crippen LogP contribution in [-0.2, 0) is 17.6 Å². The third-order valence-corrected chi connectivity index (χ3v) is 3.60. The van der Waals surface area contributed by atoms with E-state index in [1.807, 2.05) is 11.8 Å². The van der Waals surface area contributed by atoms with Crippen molar-refractivity contribution in [3.63, 3.8) is 0 Å². The van der Waals surface area contributed by atoms with Crippen LogP contribution in [0.1, 0.15) is 36.1 Å². The molecule has 16 heavy (non-hydrogen) atoms. The normalized spacial score (nSPS) is 19.9. The Balaban J connectivity index is 2.16. The van der Waals surface area contributed by atoms with Crippen molar-refractivity contribution in [2.24, 2.45) is 5.73 Å².